The molecule has 0 atom stereocenters. The molecular formula is C17H29N3O3S. The van der Waals surface area contributed by atoms with Crippen molar-refractivity contribution in [2.24, 2.45) is 0 Å². The van der Waals surface area contributed by atoms with Gasteiger partial charge in [-0.2, -0.15) is 0 Å². The van der Waals surface area contributed by atoms with Gasteiger partial charge in [-0.15, -0.1) is 0 Å². The van der Waals surface area contributed by atoms with Crippen LogP contribution in [0.2, 0.25) is 0 Å². The largest absolute Gasteiger partial charge is 0.488 e. The summed E-state index contributed by atoms with van der Waals surface area (Å²) in [5, 5.41) is 3.35. The van der Waals surface area contributed by atoms with Crippen molar-refractivity contribution in [2.45, 2.75) is 37.7 Å². The second kappa shape index (κ2) is 8.29. The number of nitrogens with one attached hydrogen (secondary N) is 2. The zero-order valence-electron chi connectivity index (χ0n) is 14.8. The molecule has 24 heavy (non-hydrogen) atoms. The van der Waals surface area contributed by atoms with Gasteiger partial charge >= 0.3 is 0 Å². The third-order valence-electron chi connectivity index (χ3n) is 4.10. The zero-order valence-corrected chi connectivity index (χ0v) is 15.7. The van der Waals surface area contributed by atoms with Crippen molar-refractivity contribution in [1.82, 2.24) is 14.9 Å². The molecule has 7 heteroatoms. The van der Waals surface area contributed by atoms with E-state index in [0.717, 1.165) is 39.1 Å². The van der Waals surface area contributed by atoms with Gasteiger partial charge < -0.3 is 15.0 Å². The summed E-state index contributed by atoms with van der Waals surface area (Å²) >= 11 is 0. The Morgan fingerprint density at radius 1 is 1.21 bits per heavy atom. The first kappa shape index (κ1) is 19.2. The van der Waals surface area contributed by atoms with Gasteiger partial charge in [0.2, 0.25) is 10.0 Å². The molecular weight excluding hydrogens is 326 g/mol. The number of ether oxygens (including phenoxy) is 1. The summed E-state index contributed by atoms with van der Waals surface area (Å²) in [6, 6.07) is 6.60. The molecule has 6 nitrogen and oxygen atoms in total. The van der Waals surface area contributed by atoms with Crippen molar-refractivity contribution in [3.63, 3.8) is 0 Å². The van der Waals surface area contributed by atoms with Crippen LogP contribution in [-0.2, 0) is 10.0 Å². The highest BCUT2D eigenvalue weighted by molar-refractivity contribution is 7.89. The molecule has 2 rings (SSSR count). The molecule has 1 aliphatic heterocycles. The molecule has 1 aliphatic rings. The van der Waals surface area contributed by atoms with Gasteiger partial charge in [-0.25, -0.2) is 13.1 Å². The highest BCUT2D eigenvalue weighted by Crippen LogP contribution is 2.23. The molecule has 0 aliphatic carbocycles. The van der Waals surface area contributed by atoms with Crippen molar-refractivity contribution in [2.75, 3.05) is 39.3 Å². The van der Waals surface area contributed by atoms with E-state index >= 15 is 0 Å². The second-order valence-corrected chi connectivity index (χ2v) is 8.44. The molecule has 2 N–H and O–H groups in total. The molecule has 0 radical (unpaired) electrons. The zero-order chi connectivity index (χ0) is 17.6. The Balaban J connectivity index is 1.91. The van der Waals surface area contributed by atoms with Gasteiger partial charge in [0, 0.05) is 39.3 Å². The van der Waals surface area contributed by atoms with Crippen LogP contribution in [0.5, 0.6) is 5.75 Å². The van der Waals surface area contributed by atoms with Crippen LogP contribution in [0, 0.1) is 0 Å². The first-order valence-corrected chi connectivity index (χ1v) is 10.0. The van der Waals surface area contributed by atoms with Gasteiger partial charge in [0.1, 0.15) is 11.4 Å². The van der Waals surface area contributed by atoms with Crippen LogP contribution in [0.1, 0.15) is 27.2 Å². The third-order valence-corrected chi connectivity index (χ3v) is 5.66. The normalized spacial score (nSPS) is 17.0. The molecule has 1 aromatic rings. The fourth-order valence-electron chi connectivity index (χ4n) is 2.69. The molecule has 0 unspecified atom stereocenters. The standard InChI is InChI=1S/C17H29N3O3S/c1-4-19-24(21,22)16-7-5-15(6-8-16)23-17(2,3)9-12-20-13-10-18-11-14-20/h5-8,18-19H,4,9-14H2,1-3H3. The van der Waals surface area contributed by atoms with Crippen molar-refractivity contribution in [1.29, 1.82) is 0 Å². The molecule has 1 heterocycles. The highest BCUT2D eigenvalue weighted by Gasteiger charge is 2.22. The summed E-state index contributed by atoms with van der Waals surface area (Å²) in [7, 11) is -3.41. The minimum absolute atomic E-state index is 0.260. The molecule has 1 aromatic carbocycles. The molecule has 0 amide bonds. The lowest BCUT2D eigenvalue weighted by atomic mass is 10.0. The van der Waals surface area contributed by atoms with Crippen LogP contribution in [0.4, 0.5) is 0 Å². The fraction of sp³-hybridized carbons (Fsp3) is 0.647. The summed E-state index contributed by atoms with van der Waals surface area (Å²) in [6.45, 7) is 11.5. The quantitative estimate of drug-likeness (QED) is 0.738. The van der Waals surface area contributed by atoms with Crippen molar-refractivity contribution in [3.05, 3.63) is 24.3 Å². The molecule has 0 saturated carbocycles. The maximum atomic E-state index is 11.9. The minimum atomic E-state index is -3.41. The van der Waals surface area contributed by atoms with Crippen LogP contribution in [0.25, 0.3) is 0 Å². The summed E-state index contributed by atoms with van der Waals surface area (Å²) in [4.78, 5) is 2.70. The lowest BCUT2D eigenvalue weighted by molar-refractivity contribution is 0.0808. The lowest BCUT2D eigenvalue weighted by Crippen LogP contribution is -2.45. The Morgan fingerprint density at radius 3 is 2.42 bits per heavy atom. The van der Waals surface area contributed by atoms with E-state index in [4.69, 9.17) is 4.74 Å². The Bertz CT molecular complexity index is 608. The highest BCUT2D eigenvalue weighted by atomic mass is 32.2. The third kappa shape index (κ3) is 5.73. The summed E-state index contributed by atoms with van der Waals surface area (Å²) < 4.78 is 32.4. The predicted octanol–water partition coefficient (Wildman–Crippen LogP) is 1.44. The van der Waals surface area contributed by atoms with Crippen LogP contribution >= 0.6 is 0 Å². The van der Waals surface area contributed by atoms with Gasteiger partial charge in [0.05, 0.1) is 4.90 Å². The SMILES string of the molecule is CCNS(=O)(=O)c1ccc(OC(C)(C)CCN2CCNCC2)cc1. The van der Waals surface area contributed by atoms with E-state index in [2.05, 4.69) is 28.8 Å². The first-order valence-electron chi connectivity index (χ1n) is 8.54. The number of hydrogen-bond donors (Lipinski definition) is 2. The summed E-state index contributed by atoms with van der Waals surface area (Å²) in [6.07, 6.45) is 0.921. The lowest BCUT2D eigenvalue weighted by Gasteiger charge is -2.32. The topological polar surface area (TPSA) is 70.7 Å². The van der Waals surface area contributed by atoms with E-state index < -0.39 is 10.0 Å². The van der Waals surface area contributed by atoms with E-state index in [0.29, 0.717) is 12.3 Å². The van der Waals surface area contributed by atoms with E-state index in [1.54, 1.807) is 31.2 Å². The predicted molar refractivity (Wildman–Crippen MR) is 95.9 cm³/mol. The van der Waals surface area contributed by atoms with Crippen LogP contribution in [0.15, 0.2) is 29.2 Å². The Hall–Kier alpha value is -1.15. The van der Waals surface area contributed by atoms with Gasteiger partial charge in [-0.3, -0.25) is 0 Å². The Labute approximate surface area is 145 Å². The smallest absolute Gasteiger partial charge is 0.240 e. The minimum Gasteiger partial charge on any atom is -0.488 e. The van der Waals surface area contributed by atoms with Gasteiger partial charge in [0.25, 0.3) is 0 Å². The molecule has 0 spiro atoms. The number of sulfonamides is 1. The van der Waals surface area contributed by atoms with Gasteiger partial charge in [-0.1, -0.05) is 6.92 Å². The number of hydrogen-bond acceptors (Lipinski definition) is 5. The number of rotatable bonds is 8. The number of nitrogens with zero attached hydrogens (tertiary/aromatic N) is 1. The monoisotopic (exact) mass is 355 g/mol. The maximum Gasteiger partial charge on any atom is 0.240 e. The van der Waals surface area contributed by atoms with E-state index in [9.17, 15) is 8.42 Å². The van der Waals surface area contributed by atoms with Crippen molar-refractivity contribution < 1.29 is 13.2 Å². The summed E-state index contributed by atoms with van der Waals surface area (Å²) in [5.41, 5.74) is -0.299. The maximum absolute atomic E-state index is 11.9. The Kier molecular flexibility index (Phi) is 6.62. The van der Waals surface area contributed by atoms with Crippen molar-refractivity contribution >= 4 is 10.0 Å². The number of benzene rings is 1. The molecule has 136 valence electrons. The van der Waals surface area contributed by atoms with Gasteiger partial charge in [-0.05, 0) is 44.5 Å². The van der Waals surface area contributed by atoms with Crippen LogP contribution in [0.3, 0.4) is 0 Å². The molecule has 0 bridgehead atoms. The average Bonchev–Trinajstić information content (AvgIpc) is 2.54. The molecule has 0 aromatic heterocycles. The number of piperazine rings is 1. The van der Waals surface area contributed by atoms with Crippen molar-refractivity contribution in [3.8, 4) is 5.75 Å². The van der Waals surface area contributed by atoms with Crippen LogP contribution in [-0.4, -0.2) is 58.2 Å². The second-order valence-electron chi connectivity index (χ2n) is 6.68. The molecule has 1 fully saturated rings. The molecule has 1 saturated heterocycles. The van der Waals surface area contributed by atoms with E-state index in [1.807, 2.05) is 0 Å². The summed E-state index contributed by atoms with van der Waals surface area (Å²) in [5.74, 6) is 0.691. The van der Waals surface area contributed by atoms with E-state index in [-0.39, 0.29) is 10.5 Å². The van der Waals surface area contributed by atoms with Crippen LogP contribution < -0.4 is 14.8 Å². The average molecular weight is 356 g/mol. The van der Waals surface area contributed by atoms with E-state index in [1.165, 1.54) is 0 Å². The fourth-order valence-corrected chi connectivity index (χ4v) is 3.73. The Morgan fingerprint density at radius 2 is 1.83 bits per heavy atom. The van der Waals surface area contributed by atoms with Gasteiger partial charge in [0.15, 0.2) is 0 Å². The first-order chi connectivity index (χ1) is 11.3.